The quantitative estimate of drug-likeness (QED) is 0.287. The number of aromatic nitrogens is 1. The van der Waals surface area contributed by atoms with Gasteiger partial charge in [-0.25, -0.2) is 4.79 Å². The monoisotopic (exact) mass is 755 g/mol. The van der Waals surface area contributed by atoms with Crippen LogP contribution in [0.2, 0.25) is 5.02 Å². The summed E-state index contributed by atoms with van der Waals surface area (Å²) in [6, 6.07) is 9.61. The van der Waals surface area contributed by atoms with Gasteiger partial charge in [-0.05, 0) is 122 Å². The molecule has 268 valence electrons. The van der Waals surface area contributed by atoms with E-state index in [2.05, 4.69) is 55.8 Å². The van der Waals surface area contributed by atoms with E-state index in [0.29, 0.717) is 37.4 Å². The minimum atomic E-state index is -0.492. The Morgan fingerprint density at radius 3 is 2.41 bits per heavy atom. The molecule has 49 heavy (non-hydrogen) atoms. The zero-order valence-corrected chi connectivity index (χ0v) is 32.3. The van der Waals surface area contributed by atoms with Crippen LogP contribution < -0.4 is 0 Å². The van der Waals surface area contributed by atoms with E-state index in [1.54, 1.807) is 4.90 Å². The number of amides is 2. The number of pyridine rings is 1. The van der Waals surface area contributed by atoms with E-state index in [4.69, 9.17) is 21.3 Å². The highest BCUT2D eigenvalue weighted by atomic mass is 79.9. The highest BCUT2D eigenvalue weighted by Gasteiger charge is 2.38. The van der Waals surface area contributed by atoms with Crippen molar-refractivity contribution in [1.82, 2.24) is 24.6 Å². The van der Waals surface area contributed by atoms with Crippen molar-refractivity contribution in [3.63, 3.8) is 0 Å². The van der Waals surface area contributed by atoms with Crippen LogP contribution in [-0.4, -0.2) is 100 Å². The molecular weight excluding hydrogens is 702 g/mol. The number of nitrogens with zero attached hydrogens (tertiary/aromatic N) is 5. The van der Waals surface area contributed by atoms with E-state index < -0.39 is 5.60 Å². The van der Waals surface area contributed by atoms with Gasteiger partial charge in [-0.3, -0.25) is 19.6 Å². The summed E-state index contributed by atoms with van der Waals surface area (Å²) in [6.45, 7) is 14.0. The summed E-state index contributed by atoms with van der Waals surface area (Å²) in [4.78, 5) is 40.7. The first-order valence-corrected chi connectivity index (χ1v) is 19.8. The van der Waals surface area contributed by atoms with Gasteiger partial charge in [-0.2, -0.15) is 0 Å². The lowest BCUT2D eigenvalue weighted by Gasteiger charge is -2.48. The molecule has 1 unspecified atom stereocenters. The van der Waals surface area contributed by atoms with E-state index >= 15 is 0 Å². The average Bonchev–Trinajstić information content (AvgIpc) is 3.23. The second-order valence-electron chi connectivity index (χ2n) is 15.7. The lowest BCUT2D eigenvalue weighted by Crippen LogP contribution is -2.59. The molecule has 1 aliphatic carbocycles. The van der Waals surface area contributed by atoms with Crippen molar-refractivity contribution in [1.29, 1.82) is 0 Å². The van der Waals surface area contributed by atoms with Gasteiger partial charge >= 0.3 is 6.09 Å². The molecule has 2 aromatic rings. The summed E-state index contributed by atoms with van der Waals surface area (Å²) in [7, 11) is 0. The van der Waals surface area contributed by atoms with Crippen LogP contribution in [0.4, 0.5) is 4.79 Å². The summed E-state index contributed by atoms with van der Waals surface area (Å²) in [5.74, 6) is 0.627. The molecule has 3 fully saturated rings. The Labute approximate surface area is 307 Å². The molecule has 4 heterocycles. The third-order valence-corrected chi connectivity index (χ3v) is 11.8. The standard InChI is InChI=1S/C39H55BrClN5O3/c1-5-6-7-33-26-45(20-21-46(33)35(47)22-27-12-16-44(17-13-27)38(48)49-39(2,3)4)32-14-18-43(19-15-32)37-34-11-10-31(41)24-28(34)8-9-29-23-30(40)25-42-36(29)37/h10-11,23-25,27,32-33,37H,5-9,12-22,26H2,1-4H3/t33-,37?/m0/s1. The van der Waals surface area contributed by atoms with E-state index in [0.717, 1.165) is 100 Å². The van der Waals surface area contributed by atoms with E-state index in [9.17, 15) is 9.59 Å². The SMILES string of the molecule is CCCC[C@H]1CN(C2CCN(C3c4ccc(Cl)cc4CCc4cc(Br)cnc43)CC2)CCN1C(=O)CC1CCN(C(=O)OC(C)(C)C)CC1. The average molecular weight is 757 g/mol. The first-order chi connectivity index (χ1) is 23.5. The minimum Gasteiger partial charge on any atom is -0.444 e. The number of fused-ring (bicyclic) bond motifs is 2. The number of piperidine rings is 2. The lowest BCUT2D eigenvalue weighted by atomic mass is 9.91. The Hall–Kier alpha value is -2.20. The van der Waals surface area contributed by atoms with Crippen LogP contribution in [0.5, 0.6) is 0 Å². The van der Waals surface area contributed by atoms with Crippen molar-refractivity contribution in [3.05, 3.63) is 62.3 Å². The van der Waals surface area contributed by atoms with E-state index in [-0.39, 0.29) is 18.2 Å². The summed E-state index contributed by atoms with van der Waals surface area (Å²) in [5, 5.41) is 0.801. The number of unbranched alkanes of at least 4 members (excludes halogenated alkanes) is 1. The normalized spacial score (nSPS) is 23.1. The summed E-state index contributed by atoms with van der Waals surface area (Å²) in [5.41, 5.74) is 4.70. The number of benzene rings is 1. The molecule has 6 rings (SSSR count). The van der Waals surface area contributed by atoms with Gasteiger partial charge in [-0.15, -0.1) is 0 Å². The zero-order valence-electron chi connectivity index (χ0n) is 29.9. The van der Waals surface area contributed by atoms with Crippen LogP contribution >= 0.6 is 27.5 Å². The number of carbonyl (C=O) groups excluding carboxylic acids is 2. The molecule has 0 radical (unpaired) electrons. The van der Waals surface area contributed by atoms with Gasteiger partial charge in [0.1, 0.15) is 5.60 Å². The fourth-order valence-electron chi connectivity index (χ4n) is 8.53. The number of hydrogen-bond donors (Lipinski definition) is 0. The highest BCUT2D eigenvalue weighted by Crippen LogP contribution is 2.39. The van der Waals surface area contributed by atoms with Gasteiger partial charge in [-0.1, -0.05) is 37.4 Å². The largest absolute Gasteiger partial charge is 0.444 e. The molecule has 4 aliphatic rings. The van der Waals surface area contributed by atoms with Crippen molar-refractivity contribution in [2.75, 3.05) is 45.8 Å². The number of ether oxygens (including phenoxy) is 1. The van der Waals surface area contributed by atoms with Gasteiger partial charge in [0.25, 0.3) is 0 Å². The van der Waals surface area contributed by atoms with Crippen molar-refractivity contribution in [2.24, 2.45) is 5.92 Å². The Morgan fingerprint density at radius 2 is 1.69 bits per heavy atom. The molecule has 8 nitrogen and oxygen atoms in total. The number of aryl methyl sites for hydroxylation is 2. The lowest BCUT2D eigenvalue weighted by molar-refractivity contribution is -0.138. The number of hydrogen-bond acceptors (Lipinski definition) is 6. The number of piperazine rings is 1. The molecule has 10 heteroatoms. The highest BCUT2D eigenvalue weighted by molar-refractivity contribution is 9.10. The van der Waals surface area contributed by atoms with Gasteiger partial charge in [0.15, 0.2) is 0 Å². The van der Waals surface area contributed by atoms with Crippen molar-refractivity contribution < 1.29 is 14.3 Å². The number of halogens is 2. The Balaban J connectivity index is 1.06. The van der Waals surface area contributed by atoms with Gasteiger partial charge in [0.05, 0.1) is 11.7 Å². The topological polar surface area (TPSA) is 69.2 Å². The molecule has 3 aliphatic heterocycles. The summed E-state index contributed by atoms with van der Waals surface area (Å²) in [6.07, 6.45) is 11.5. The second kappa shape index (κ2) is 16.0. The van der Waals surface area contributed by atoms with Crippen LogP contribution in [0.25, 0.3) is 0 Å². The number of rotatable bonds is 7. The maximum Gasteiger partial charge on any atom is 0.410 e. The fourth-order valence-corrected chi connectivity index (χ4v) is 9.10. The van der Waals surface area contributed by atoms with Gasteiger partial charge < -0.3 is 14.5 Å². The van der Waals surface area contributed by atoms with Crippen LogP contribution in [0.3, 0.4) is 0 Å². The second-order valence-corrected chi connectivity index (χ2v) is 17.1. The van der Waals surface area contributed by atoms with Gasteiger partial charge in [0.2, 0.25) is 5.91 Å². The molecule has 0 spiro atoms. The van der Waals surface area contributed by atoms with Crippen molar-refractivity contribution in [3.8, 4) is 0 Å². The van der Waals surface area contributed by atoms with Crippen LogP contribution in [0.1, 0.15) is 107 Å². The van der Waals surface area contributed by atoms with E-state index in [1.807, 2.05) is 33.0 Å². The number of likely N-dealkylation sites (tertiary alicyclic amines) is 2. The third-order valence-electron chi connectivity index (χ3n) is 11.1. The molecular formula is C39H55BrClN5O3. The predicted octanol–water partition coefficient (Wildman–Crippen LogP) is 7.89. The Bertz CT molecular complexity index is 1410. The Morgan fingerprint density at radius 1 is 0.959 bits per heavy atom. The molecule has 3 saturated heterocycles. The minimum absolute atomic E-state index is 0.140. The zero-order chi connectivity index (χ0) is 34.7. The Kier molecular flexibility index (Phi) is 11.9. The number of carbonyl (C=O) groups is 2. The van der Waals surface area contributed by atoms with Crippen LogP contribution in [0.15, 0.2) is 34.9 Å². The van der Waals surface area contributed by atoms with Crippen molar-refractivity contribution in [2.45, 2.75) is 116 Å². The molecule has 1 aromatic heterocycles. The van der Waals surface area contributed by atoms with Crippen LogP contribution in [-0.2, 0) is 22.4 Å². The molecule has 0 bridgehead atoms. The van der Waals surface area contributed by atoms with E-state index in [1.165, 1.54) is 22.4 Å². The molecule has 2 atom stereocenters. The predicted molar refractivity (Wildman–Crippen MR) is 199 cm³/mol. The first kappa shape index (κ1) is 36.6. The van der Waals surface area contributed by atoms with Crippen LogP contribution in [0, 0.1) is 5.92 Å². The fraction of sp³-hybridized carbons (Fsp3) is 0.667. The third kappa shape index (κ3) is 9.00. The molecule has 2 amide bonds. The van der Waals surface area contributed by atoms with Crippen molar-refractivity contribution >= 4 is 39.5 Å². The molecule has 0 saturated carbocycles. The van der Waals surface area contributed by atoms with Gasteiger partial charge in [0, 0.05) is 80.0 Å². The molecule has 1 aromatic carbocycles. The molecule has 0 N–H and O–H groups in total. The smallest absolute Gasteiger partial charge is 0.410 e. The maximum absolute atomic E-state index is 13.8. The maximum atomic E-state index is 13.8. The summed E-state index contributed by atoms with van der Waals surface area (Å²) >= 11 is 10.1. The summed E-state index contributed by atoms with van der Waals surface area (Å²) < 4.78 is 6.61. The first-order valence-electron chi connectivity index (χ1n) is 18.7.